The van der Waals surface area contributed by atoms with Gasteiger partial charge < -0.3 is 19.7 Å². The Morgan fingerprint density at radius 2 is 1.82 bits per heavy atom. The van der Waals surface area contributed by atoms with Gasteiger partial charge >= 0.3 is 6.09 Å². The second-order valence-electron chi connectivity index (χ2n) is 7.13. The van der Waals surface area contributed by atoms with Crippen molar-refractivity contribution in [3.8, 4) is 0 Å². The SMILES string of the molecule is CCCN(CCNC1CCC(OC)CC1)C(=O)OC(C)(C)C. The minimum atomic E-state index is -0.435. The van der Waals surface area contributed by atoms with Crippen LogP contribution in [0.5, 0.6) is 0 Å². The lowest BCUT2D eigenvalue weighted by Crippen LogP contribution is -2.43. The Hall–Kier alpha value is -0.810. The number of rotatable bonds is 7. The molecule has 1 rings (SSSR count). The third-order valence-corrected chi connectivity index (χ3v) is 3.97. The van der Waals surface area contributed by atoms with Crippen molar-refractivity contribution in [2.45, 2.75) is 77.5 Å². The van der Waals surface area contributed by atoms with Gasteiger partial charge in [0.15, 0.2) is 0 Å². The third-order valence-electron chi connectivity index (χ3n) is 3.97. The Bertz CT molecular complexity index is 320. The van der Waals surface area contributed by atoms with E-state index in [1.54, 1.807) is 12.0 Å². The summed E-state index contributed by atoms with van der Waals surface area (Å²) in [7, 11) is 1.79. The molecule has 1 saturated carbocycles. The third kappa shape index (κ3) is 7.45. The predicted octanol–water partition coefficient (Wildman–Crippen LogP) is 3.18. The number of ether oxygens (including phenoxy) is 2. The van der Waals surface area contributed by atoms with Crippen LogP contribution >= 0.6 is 0 Å². The Kier molecular flexibility index (Phi) is 8.18. The highest BCUT2D eigenvalue weighted by Crippen LogP contribution is 2.20. The molecule has 5 heteroatoms. The van der Waals surface area contributed by atoms with Crippen molar-refractivity contribution in [1.82, 2.24) is 10.2 Å². The Morgan fingerprint density at radius 3 is 2.32 bits per heavy atom. The first kappa shape index (κ1) is 19.2. The van der Waals surface area contributed by atoms with Crippen LogP contribution in [-0.4, -0.2) is 55.5 Å². The van der Waals surface area contributed by atoms with Crippen LogP contribution in [-0.2, 0) is 9.47 Å². The largest absolute Gasteiger partial charge is 0.444 e. The van der Waals surface area contributed by atoms with Crippen LogP contribution in [0.4, 0.5) is 4.79 Å². The monoisotopic (exact) mass is 314 g/mol. The van der Waals surface area contributed by atoms with Gasteiger partial charge in [0, 0.05) is 32.8 Å². The van der Waals surface area contributed by atoms with E-state index in [-0.39, 0.29) is 6.09 Å². The van der Waals surface area contributed by atoms with Gasteiger partial charge in [-0.15, -0.1) is 0 Å². The molecule has 5 nitrogen and oxygen atoms in total. The maximum atomic E-state index is 12.2. The fourth-order valence-corrected chi connectivity index (χ4v) is 2.80. The molecule has 0 aromatic carbocycles. The fourth-order valence-electron chi connectivity index (χ4n) is 2.80. The first-order valence-corrected chi connectivity index (χ1v) is 8.59. The quantitative estimate of drug-likeness (QED) is 0.784. The van der Waals surface area contributed by atoms with E-state index in [2.05, 4.69) is 12.2 Å². The van der Waals surface area contributed by atoms with E-state index in [1.807, 2.05) is 20.8 Å². The number of carbonyl (C=O) groups is 1. The van der Waals surface area contributed by atoms with Crippen LogP contribution in [0.25, 0.3) is 0 Å². The molecule has 0 radical (unpaired) electrons. The zero-order chi connectivity index (χ0) is 16.6. The molecule has 1 amide bonds. The molecule has 1 fully saturated rings. The Balaban J connectivity index is 2.31. The molecule has 0 aliphatic heterocycles. The van der Waals surface area contributed by atoms with Gasteiger partial charge in [-0.2, -0.15) is 0 Å². The van der Waals surface area contributed by atoms with Crippen molar-refractivity contribution < 1.29 is 14.3 Å². The number of hydrogen-bond donors (Lipinski definition) is 1. The zero-order valence-electron chi connectivity index (χ0n) is 15.0. The highest BCUT2D eigenvalue weighted by molar-refractivity contribution is 5.68. The van der Waals surface area contributed by atoms with E-state index in [4.69, 9.17) is 9.47 Å². The molecular weight excluding hydrogens is 280 g/mol. The van der Waals surface area contributed by atoms with Crippen molar-refractivity contribution in [3.05, 3.63) is 0 Å². The molecular formula is C17H34N2O3. The van der Waals surface area contributed by atoms with E-state index in [0.717, 1.165) is 45.2 Å². The lowest BCUT2D eigenvalue weighted by Gasteiger charge is -2.30. The molecule has 0 spiro atoms. The zero-order valence-corrected chi connectivity index (χ0v) is 15.0. The highest BCUT2D eigenvalue weighted by atomic mass is 16.6. The van der Waals surface area contributed by atoms with Crippen molar-refractivity contribution >= 4 is 6.09 Å². The standard InChI is InChI=1S/C17H34N2O3/c1-6-12-19(16(20)22-17(2,3)4)13-11-18-14-7-9-15(21-5)10-8-14/h14-15,18H,6-13H2,1-5H3. The maximum absolute atomic E-state index is 12.2. The first-order chi connectivity index (χ1) is 10.4. The highest BCUT2D eigenvalue weighted by Gasteiger charge is 2.23. The Labute approximate surface area is 135 Å². The van der Waals surface area contributed by atoms with Crippen LogP contribution in [0.2, 0.25) is 0 Å². The van der Waals surface area contributed by atoms with Crippen LogP contribution in [0, 0.1) is 0 Å². The summed E-state index contributed by atoms with van der Waals surface area (Å²) in [5.41, 5.74) is -0.435. The lowest BCUT2D eigenvalue weighted by atomic mass is 9.93. The predicted molar refractivity (Wildman–Crippen MR) is 89.2 cm³/mol. The molecule has 130 valence electrons. The molecule has 0 aromatic rings. The summed E-state index contributed by atoms with van der Waals surface area (Å²) in [5.74, 6) is 0. The summed E-state index contributed by atoms with van der Waals surface area (Å²) >= 11 is 0. The minimum absolute atomic E-state index is 0.209. The molecule has 22 heavy (non-hydrogen) atoms. The van der Waals surface area contributed by atoms with Crippen molar-refractivity contribution in [2.75, 3.05) is 26.7 Å². The summed E-state index contributed by atoms with van der Waals surface area (Å²) in [5, 5.41) is 3.57. The average molecular weight is 314 g/mol. The van der Waals surface area contributed by atoms with Gasteiger partial charge in [0.05, 0.1) is 6.10 Å². The number of nitrogens with zero attached hydrogens (tertiary/aromatic N) is 1. The van der Waals surface area contributed by atoms with Gasteiger partial charge in [-0.3, -0.25) is 0 Å². The molecule has 0 aromatic heterocycles. The average Bonchev–Trinajstić information content (AvgIpc) is 2.45. The number of amides is 1. The topological polar surface area (TPSA) is 50.8 Å². The van der Waals surface area contributed by atoms with E-state index in [9.17, 15) is 4.79 Å². The Morgan fingerprint density at radius 1 is 1.18 bits per heavy atom. The van der Waals surface area contributed by atoms with E-state index in [1.165, 1.54) is 0 Å². The molecule has 0 unspecified atom stereocenters. The summed E-state index contributed by atoms with van der Waals surface area (Å²) < 4.78 is 10.9. The van der Waals surface area contributed by atoms with Gasteiger partial charge in [0.1, 0.15) is 5.60 Å². The molecule has 1 aliphatic carbocycles. The van der Waals surface area contributed by atoms with Gasteiger partial charge in [0.2, 0.25) is 0 Å². The fraction of sp³-hybridized carbons (Fsp3) is 0.941. The van der Waals surface area contributed by atoms with Crippen LogP contribution < -0.4 is 5.32 Å². The molecule has 1 N–H and O–H groups in total. The first-order valence-electron chi connectivity index (χ1n) is 8.59. The van der Waals surface area contributed by atoms with Crippen LogP contribution in [0.15, 0.2) is 0 Å². The number of nitrogens with one attached hydrogen (secondary N) is 1. The normalized spacial score (nSPS) is 22.4. The number of hydrogen-bond acceptors (Lipinski definition) is 4. The molecule has 0 heterocycles. The summed E-state index contributed by atoms with van der Waals surface area (Å²) in [4.78, 5) is 14.0. The van der Waals surface area contributed by atoms with Gasteiger partial charge in [-0.1, -0.05) is 6.92 Å². The van der Waals surface area contributed by atoms with Crippen molar-refractivity contribution in [1.29, 1.82) is 0 Å². The number of carbonyl (C=O) groups excluding carboxylic acids is 1. The molecule has 0 bridgehead atoms. The number of methoxy groups -OCH3 is 1. The van der Waals surface area contributed by atoms with Crippen molar-refractivity contribution in [3.63, 3.8) is 0 Å². The van der Waals surface area contributed by atoms with Crippen molar-refractivity contribution in [2.24, 2.45) is 0 Å². The summed E-state index contributed by atoms with van der Waals surface area (Å²) in [6.07, 6.45) is 5.71. The maximum Gasteiger partial charge on any atom is 0.410 e. The van der Waals surface area contributed by atoms with E-state index < -0.39 is 5.60 Å². The van der Waals surface area contributed by atoms with Gasteiger partial charge in [-0.25, -0.2) is 4.79 Å². The molecule has 0 atom stereocenters. The van der Waals surface area contributed by atoms with Crippen LogP contribution in [0.1, 0.15) is 59.8 Å². The lowest BCUT2D eigenvalue weighted by molar-refractivity contribution is 0.0247. The van der Waals surface area contributed by atoms with Gasteiger partial charge in [-0.05, 0) is 52.9 Å². The minimum Gasteiger partial charge on any atom is -0.444 e. The summed E-state index contributed by atoms with van der Waals surface area (Å²) in [6, 6.07) is 0.550. The molecule has 0 saturated heterocycles. The summed E-state index contributed by atoms with van der Waals surface area (Å²) in [6.45, 7) is 10.1. The van der Waals surface area contributed by atoms with E-state index in [0.29, 0.717) is 18.7 Å². The molecule has 1 aliphatic rings. The second kappa shape index (κ2) is 9.36. The van der Waals surface area contributed by atoms with E-state index >= 15 is 0 Å². The second-order valence-corrected chi connectivity index (χ2v) is 7.13. The smallest absolute Gasteiger partial charge is 0.410 e. The van der Waals surface area contributed by atoms with Crippen LogP contribution in [0.3, 0.4) is 0 Å². The van der Waals surface area contributed by atoms with Gasteiger partial charge in [0.25, 0.3) is 0 Å².